The molecule has 0 N–H and O–H groups in total. The van der Waals surface area contributed by atoms with Crippen molar-refractivity contribution in [1.82, 2.24) is 0 Å². The molecule has 2 aromatic rings. The van der Waals surface area contributed by atoms with Gasteiger partial charge in [-0.3, -0.25) is 0 Å². The molecule has 1 aliphatic rings. The highest BCUT2D eigenvalue weighted by molar-refractivity contribution is 7.90. The molecular formula is C20H19FO2S. The average Bonchev–Trinajstić information content (AvgIpc) is 2.83. The third-order valence-corrected chi connectivity index (χ3v) is 5.21. The molecule has 0 heterocycles. The summed E-state index contributed by atoms with van der Waals surface area (Å²) in [6.45, 7) is 4.12. The topological polar surface area (TPSA) is 34.1 Å². The van der Waals surface area contributed by atoms with Crippen LogP contribution in [0.1, 0.15) is 25.0 Å². The Bertz CT molecular complexity index is 949. The lowest BCUT2D eigenvalue weighted by molar-refractivity contribution is 0.601. The molecule has 0 bridgehead atoms. The van der Waals surface area contributed by atoms with E-state index in [1.165, 1.54) is 18.4 Å². The van der Waals surface area contributed by atoms with Crippen LogP contribution >= 0.6 is 0 Å². The second-order valence-electron chi connectivity index (χ2n) is 6.71. The van der Waals surface area contributed by atoms with Crippen LogP contribution in [-0.2, 0) is 9.84 Å². The van der Waals surface area contributed by atoms with Crippen LogP contribution in [0.25, 0.3) is 11.1 Å². The number of allylic oxidation sites excluding steroid dienone is 4. The van der Waals surface area contributed by atoms with Crippen molar-refractivity contribution in [2.45, 2.75) is 18.7 Å². The SMILES string of the molecule is CC1(C)C=C(c2ccc(F)cc2)C(c2ccccc2S(C)(=O)=O)=C1. The fourth-order valence-electron chi connectivity index (χ4n) is 3.04. The molecule has 0 aromatic heterocycles. The monoisotopic (exact) mass is 342 g/mol. The van der Waals surface area contributed by atoms with Crippen LogP contribution in [-0.4, -0.2) is 14.7 Å². The van der Waals surface area contributed by atoms with Gasteiger partial charge in [0, 0.05) is 17.2 Å². The Morgan fingerprint density at radius 2 is 1.46 bits per heavy atom. The van der Waals surface area contributed by atoms with E-state index in [9.17, 15) is 12.8 Å². The summed E-state index contributed by atoms with van der Waals surface area (Å²) in [6.07, 6.45) is 5.37. The summed E-state index contributed by atoms with van der Waals surface area (Å²) in [6, 6.07) is 13.3. The molecule has 0 fully saturated rings. The highest BCUT2D eigenvalue weighted by Crippen LogP contribution is 2.45. The molecule has 0 atom stereocenters. The smallest absolute Gasteiger partial charge is 0.176 e. The van der Waals surface area contributed by atoms with Gasteiger partial charge in [0.15, 0.2) is 9.84 Å². The number of benzene rings is 2. The van der Waals surface area contributed by atoms with Gasteiger partial charge in [-0.05, 0) is 34.9 Å². The Kier molecular flexibility index (Phi) is 3.96. The average molecular weight is 342 g/mol. The quantitative estimate of drug-likeness (QED) is 0.808. The fourth-order valence-corrected chi connectivity index (χ4v) is 3.95. The number of rotatable bonds is 3. The van der Waals surface area contributed by atoms with Gasteiger partial charge in [-0.15, -0.1) is 0 Å². The lowest BCUT2D eigenvalue weighted by Crippen LogP contribution is -2.02. The van der Waals surface area contributed by atoms with E-state index in [1.54, 1.807) is 24.3 Å². The third kappa shape index (κ3) is 3.20. The van der Waals surface area contributed by atoms with E-state index < -0.39 is 9.84 Å². The highest BCUT2D eigenvalue weighted by atomic mass is 32.2. The highest BCUT2D eigenvalue weighted by Gasteiger charge is 2.28. The number of hydrogen-bond acceptors (Lipinski definition) is 2. The van der Waals surface area contributed by atoms with Crippen LogP contribution in [0.4, 0.5) is 4.39 Å². The molecule has 124 valence electrons. The summed E-state index contributed by atoms with van der Waals surface area (Å²) >= 11 is 0. The van der Waals surface area contributed by atoms with E-state index in [1.807, 2.05) is 12.1 Å². The second-order valence-corrected chi connectivity index (χ2v) is 8.70. The van der Waals surface area contributed by atoms with Crippen molar-refractivity contribution < 1.29 is 12.8 Å². The van der Waals surface area contributed by atoms with E-state index in [2.05, 4.69) is 26.0 Å². The zero-order valence-corrected chi connectivity index (χ0v) is 14.7. The van der Waals surface area contributed by atoms with Gasteiger partial charge in [0.25, 0.3) is 0 Å². The van der Waals surface area contributed by atoms with Crippen LogP contribution in [0.15, 0.2) is 65.6 Å². The Morgan fingerprint density at radius 1 is 0.875 bits per heavy atom. The first-order valence-electron chi connectivity index (χ1n) is 7.69. The molecular weight excluding hydrogens is 323 g/mol. The minimum Gasteiger partial charge on any atom is -0.224 e. The third-order valence-electron chi connectivity index (χ3n) is 4.05. The maximum Gasteiger partial charge on any atom is 0.176 e. The molecule has 3 rings (SSSR count). The largest absolute Gasteiger partial charge is 0.224 e. The summed E-state index contributed by atoms with van der Waals surface area (Å²) < 4.78 is 37.6. The zero-order valence-electron chi connectivity index (χ0n) is 13.9. The molecule has 0 spiro atoms. The molecule has 4 heteroatoms. The predicted octanol–water partition coefficient (Wildman–Crippen LogP) is 4.74. The van der Waals surface area contributed by atoms with Crippen LogP contribution in [0.5, 0.6) is 0 Å². The summed E-state index contributed by atoms with van der Waals surface area (Å²) in [7, 11) is -3.35. The molecule has 0 amide bonds. The van der Waals surface area contributed by atoms with Crippen molar-refractivity contribution in [3.05, 3.63) is 77.6 Å². The maximum absolute atomic E-state index is 13.3. The van der Waals surface area contributed by atoms with Crippen molar-refractivity contribution in [3.63, 3.8) is 0 Å². The minimum atomic E-state index is -3.35. The van der Waals surface area contributed by atoms with Crippen LogP contribution in [0.2, 0.25) is 0 Å². The first-order chi connectivity index (χ1) is 11.2. The van der Waals surface area contributed by atoms with Crippen LogP contribution in [0, 0.1) is 11.2 Å². The molecule has 0 saturated heterocycles. The van der Waals surface area contributed by atoms with Gasteiger partial charge in [-0.2, -0.15) is 0 Å². The number of sulfone groups is 1. The lowest BCUT2D eigenvalue weighted by atomic mass is 9.95. The summed E-state index contributed by atoms with van der Waals surface area (Å²) in [5.74, 6) is -0.293. The van der Waals surface area contributed by atoms with Crippen LogP contribution < -0.4 is 0 Å². The predicted molar refractivity (Wildman–Crippen MR) is 95.7 cm³/mol. The molecule has 0 saturated carbocycles. The van der Waals surface area contributed by atoms with Gasteiger partial charge in [0.05, 0.1) is 4.90 Å². The van der Waals surface area contributed by atoms with Crippen molar-refractivity contribution in [2.75, 3.05) is 6.26 Å². The van der Waals surface area contributed by atoms with Gasteiger partial charge < -0.3 is 0 Å². The van der Waals surface area contributed by atoms with Gasteiger partial charge in [-0.1, -0.05) is 56.3 Å². The zero-order chi connectivity index (χ0) is 17.5. The van der Waals surface area contributed by atoms with Gasteiger partial charge in [0.1, 0.15) is 5.82 Å². The van der Waals surface area contributed by atoms with Crippen molar-refractivity contribution in [3.8, 4) is 0 Å². The Balaban J connectivity index is 2.21. The van der Waals surface area contributed by atoms with E-state index >= 15 is 0 Å². The maximum atomic E-state index is 13.3. The van der Waals surface area contributed by atoms with Gasteiger partial charge in [0.2, 0.25) is 0 Å². The van der Waals surface area contributed by atoms with E-state index in [4.69, 9.17) is 0 Å². The standard InChI is InChI=1S/C20H19FO2S/c1-20(2)12-17(14-8-10-15(21)11-9-14)18(13-20)16-6-4-5-7-19(16)24(3,22)23/h4-13H,1-3H3. The summed E-state index contributed by atoms with van der Waals surface area (Å²) in [5.41, 5.74) is 3.14. The molecule has 0 radical (unpaired) electrons. The molecule has 0 unspecified atom stereocenters. The van der Waals surface area contributed by atoms with Crippen LogP contribution in [0.3, 0.4) is 0 Å². The first kappa shape index (κ1) is 16.7. The second kappa shape index (κ2) is 5.71. The Hall–Kier alpha value is -2.20. The fraction of sp³-hybridized carbons (Fsp3) is 0.200. The Morgan fingerprint density at radius 3 is 2.08 bits per heavy atom. The number of hydrogen-bond donors (Lipinski definition) is 0. The molecule has 2 nitrogen and oxygen atoms in total. The molecule has 0 aliphatic heterocycles. The van der Waals surface area contributed by atoms with Crippen molar-refractivity contribution >= 4 is 21.0 Å². The van der Waals surface area contributed by atoms with Gasteiger partial charge >= 0.3 is 0 Å². The van der Waals surface area contributed by atoms with E-state index in [0.29, 0.717) is 10.5 Å². The van der Waals surface area contributed by atoms with E-state index in [0.717, 1.165) is 16.7 Å². The summed E-state index contributed by atoms with van der Waals surface area (Å²) in [4.78, 5) is 0.307. The molecule has 2 aromatic carbocycles. The van der Waals surface area contributed by atoms with Crippen molar-refractivity contribution in [1.29, 1.82) is 0 Å². The van der Waals surface area contributed by atoms with Gasteiger partial charge in [-0.25, -0.2) is 12.8 Å². The van der Waals surface area contributed by atoms with Crippen molar-refractivity contribution in [2.24, 2.45) is 5.41 Å². The molecule has 1 aliphatic carbocycles. The summed E-state index contributed by atoms with van der Waals surface area (Å²) in [5, 5.41) is 0. The lowest BCUT2D eigenvalue weighted by Gasteiger charge is -2.13. The minimum absolute atomic E-state index is 0.205. The van der Waals surface area contributed by atoms with E-state index in [-0.39, 0.29) is 11.2 Å². The molecule has 24 heavy (non-hydrogen) atoms. The number of halogens is 1. The first-order valence-corrected chi connectivity index (χ1v) is 9.58. The Labute approximate surface area is 142 Å². The normalized spacial score (nSPS) is 16.7.